The van der Waals surface area contributed by atoms with Gasteiger partial charge < -0.3 is 9.47 Å². The van der Waals surface area contributed by atoms with Crippen LogP contribution in [0.2, 0.25) is 0 Å². The number of methoxy groups -OCH3 is 1. The van der Waals surface area contributed by atoms with E-state index >= 15 is 0 Å². The number of aryl methyl sites for hydroxylation is 1. The summed E-state index contributed by atoms with van der Waals surface area (Å²) in [6.07, 6.45) is -0.0795. The van der Waals surface area contributed by atoms with Gasteiger partial charge in [-0.25, -0.2) is 4.79 Å². The van der Waals surface area contributed by atoms with E-state index in [2.05, 4.69) is 0 Å². The van der Waals surface area contributed by atoms with Gasteiger partial charge in [-0.05, 0) is 49.2 Å². The number of carbonyl (C=O) groups is 1. The van der Waals surface area contributed by atoms with E-state index in [0.29, 0.717) is 5.56 Å². The predicted molar refractivity (Wildman–Crippen MR) is 78.0 cm³/mol. The highest BCUT2D eigenvalue weighted by atomic mass is 16.5. The summed E-state index contributed by atoms with van der Waals surface area (Å²) in [5.74, 6) is 0.507. The first kappa shape index (κ1) is 14.1. The van der Waals surface area contributed by atoms with E-state index in [9.17, 15) is 4.79 Å². The standard InChI is InChI=1S/C17H18O3/c1-12-11-14(17(18)19-3)9-10-16(12)13(2)20-15-7-5-4-6-8-15/h4-11,13H,1-3H3. The van der Waals surface area contributed by atoms with Crippen molar-refractivity contribution >= 4 is 5.97 Å². The van der Waals surface area contributed by atoms with Crippen molar-refractivity contribution in [3.05, 3.63) is 65.2 Å². The average molecular weight is 270 g/mol. The Balaban J connectivity index is 2.18. The van der Waals surface area contributed by atoms with Crippen LogP contribution in [0, 0.1) is 6.92 Å². The highest BCUT2D eigenvalue weighted by molar-refractivity contribution is 5.89. The molecule has 104 valence electrons. The van der Waals surface area contributed by atoms with Crippen molar-refractivity contribution in [1.29, 1.82) is 0 Å². The van der Waals surface area contributed by atoms with Crippen molar-refractivity contribution < 1.29 is 14.3 Å². The topological polar surface area (TPSA) is 35.5 Å². The third-order valence-corrected chi connectivity index (χ3v) is 3.18. The summed E-state index contributed by atoms with van der Waals surface area (Å²) in [6, 6.07) is 15.2. The van der Waals surface area contributed by atoms with Gasteiger partial charge in [-0.15, -0.1) is 0 Å². The Morgan fingerprint density at radius 2 is 1.80 bits per heavy atom. The van der Waals surface area contributed by atoms with Crippen molar-refractivity contribution in [3.8, 4) is 5.75 Å². The third kappa shape index (κ3) is 3.18. The summed E-state index contributed by atoms with van der Waals surface area (Å²) >= 11 is 0. The van der Waals surface area contributed by atoms with E-state index in [4.69, 9.17) is 9.47 Å². The molecule has 0 aromatic heterocycles. The molecular formula is C17H18O3. The summed E-state index contributed by atoms with van der Waals surface area (Å²) in [4.78, 5) is 11.5. The van der Waals surface area contributed by atoms with Crippen LogP contribution in [0.3, 0.4) is 0 Å². The number of para-hydroxylation sites is 1. The lowest BCUT2D eigenvalue weighted by Gasteiger charge is -2.17. The molecule has 0 N–H and O–H groups in total. The molecule has 3 nitrogen and oxygen atoms in total. The smallest absolute Gasteiger partial charge is 0.337 e. The van der Waals surface area contributed by atoms with E-state index in [1.165, 1.54) is 7.11 Å². The maximum atomic E-state index is 11.5. The second-order valence-electron chi connectivity index (χ2n) is 4.64. The molecule has 0 aliphatic heterocycles. The molecule has 0 saturated carbocycles. The Bertz CT molecular complexity index is 590. The van der Waals surface area contributed by atoms with Gasteiger partial charge in [0.25, 0.3) is 0 Å². The van der Waals surface area contributed by atoms with Crippen LogP contribution in [0.5, 0.6) is 5.75 Å². The molecule has 0 saturated heterocycles. The summed E-state index contributed by atoms with van der Waals surface area (Å²) in [5.41, 5.74) is 2.62. The van der Waals surface area contributed by atoms with Gasteiger partial charge in [0.15, 0.2) is 0 Å². The van der Waals surface area contributed by atoms with E-state index in [0.717, 1.165) is 16.9 Å². The normalized spacial score (nSPS) is 11.8. The number of esters is 1. The molecule has 1 atom stereocenters. The molecule has 0 aliphatic rings. The van der Waals surface area contributed by atoms with Crippen LogP contribution in [0.15, 0.2) is 48.5 Å². The summed E-state index contributed by atoms with van der Waals surface area (Å²) < 4.78 is 10.6. The maximum Gasteiger partial charge on any atom is 0.337 e. The van der Waals surface area contributed by atoms with Crippen LogP contribution < -0.4 is 4.74 Å². The lowest BCUT2D eigenvalue weighted by molar-refractivity contribution is 0.0600. The molecule has 0 radical (unpaired) electrons. The molecule has 0 heterocycles. The van der Waals surface area contributed by atoms with Gasteiger partial charge in [0.1, 0.15) is 11.9 Å². The van der Waals surface area contributed by atoms with Crippen molar-refractivity contribution in [2.24, 2.45) is 0 Å². The number of carbonyl (C=O) groups excluding carboxylic acids is 1. The van der Waals surface area contributed by atoms with Crippen molar-refractivity contribution in [3.63, 3.8) is 0 Å². The van der Waals surface area contributed by atoms with Gasteiger partial charge in [-0.3, -0.25) is 0 Å². The highest BCUT2D eigenvalue weighted by Gasteiger charge is 2.13. The Hall–Kier alpha value is -2.29. The minimum Gasteiger partial charge on any atom is -0.486 e. The minimum atomic E-state index is -0.323. The second kappa shape index (κ2) is 6.24. The quantitative estimate of drug-likeness (QED) is 0.790. The molecule has 2 rings (SSSR count). The molecule has 0 spiro atoms. The molecule has 2 aromatic carbocycles. The fourth-order valence-corrected chi connectivity index (χ4v) is 2.14. The fourth-order valence-electron chi connectivity index (χ4n) is 2.14. The van der Waals surface area contributed by atoms with Crippen LogP contribution in [-0.4, -0.2) is 13.1 Å². The van der Waals surface area contributed by atoms with E-state index in [-0.39, 0.29) is 12.1 Å². The third-order valence-electron chi connectivity index (χ3n) is 3.18. The van der Waals surface area contributed by atoms with Gasteiger partial charge in [0.05, 0.1) is 12.7 Å². The molecule has 2 aromatic rings. The van der Waals surface area contributed by atoms with Crippen LogP contribution in [-0.2, 0) is 4.74 Å². The number of ether oxygens (including phenoxy) is 2. The van der Waals surface area contributed by atoms with E-state index in [1.807, 2.05) is 56.3 Å². The molecule has 0 bridgehead atoms. The van der Waals surface area contributed by atoms with Crippen LogP contribution in [0.4, 0.5) is 0 Å². The van der Waals surface area contributed by atoms with Gasteiger partial charge in [0, 0.05) is 0 Å². The van der Waals surface area contributed by atoms with Crippen LogP contribution in [0.25, 0.3) is 0 Å². The fraction of sp³-hybridized carbons (Fsp3) is 0.235. The molecule has 1 unspecified atom stereocenters. The first-order chi connectivity index (χ1) is 9.61. The van der Waals surface area contributed by atoms with Gasteiger partial charge in [0.2, 0.25) is 0 Å². The lowest BCUT2D eigenvalue weighted by Crippen LogP contribution is -2.07. The predicted octanol–water partition coefficient (Wildman–Crippen LogP) is 3.92. The Kier molecular flexibility index (Phi) is 4.41. The van der Waals surface area contributed by atoms with Gasteiger partial charge >= 0.3 is 5.97 Å². The van der Waals surface area contributed by atoms with Crippen molar-refractivity contribution in [2.75, 3.05) is 7.11 Å². The number of hydrogen-bond acceptors (Lipinski definition) is 3. The lowest BCUT2D eigenvalue weighted by atomic mass is 10.0. The molecular weight excluding hydrogens is 252 g/mol. The molecule has 0 aliphatic carbocycles. The van der Waals surface area contributed by atoms with Crippen molar-refractivity contribution in [1.82, 2.24) is 0 Å². The van der Waals surface area contributed by atoms with Gasteiger partial charge in [-0.2, -0.15) is 0 Å². The molecule has 3 heteroatoms. The van der Waals surface area contributed by atoms with Crippen LogP contribution in [0.1, 0.15) is 34.5 Å². The summed E-state index contributed by atoms with van der Waals surface area (Å²) in [5, 5.41) is 0. The molecule has 0 fully saturated rings. The Morgan fingerprint density at radius 1 is 1.10 bits per heavy atom. The summed E-state index contributed by atoms with van der Waals surface area (Å²) in [7, 11) is 1.38. The number of hydrogen-bond donors (Lipinski definition) is 0. The first-order valence-electron chi connectivity index (χ1n) is 6.52. The number of benzene rings is 2. The largest absolute Gasteiger partial charge is 0.486 e. The minimum absolute atomic E-state index is 0.0795. The zero-order chi connectivity index (χ0) is 14.5. The maximum absolute atomic E-state index is 11.5. The highest BCUT2D eigenvalue weighted by Crippen LogP contribution is 2.24. The second-order valence-corrected chi connectivity index (χ2v) is 4.64. The first-order valence-corrected chi connectivity index (χ1v) is 6.52. The number of rotatable bonds is 4. The average Bonchev–Trinajstić information content (AvgIpc) is 2.47. The SMILES string of the molecule is COC(=O)c1ccc(C(C)Oc2ccccc2)c(C)c1. The van der Waals surface area contributed by atoms with Crippen LogP contribution >= 0.6 is 0 Å². The zero-order valence-electron chi connectivity index (χ0n) is 11.9. The van der Waals surface area contributed by atoms with Crippen molar-refractivity contribution in [2.45, 2.75) is 20.0 Å². The molecule has 20 heavy (non-hydrogen) atoms. The van der Waals surface area contributed by atoms with E-state index < -0.39 is 0 Å². The summed E-state index contributed by atoms with van der Waals surface area (Å²) in [6.45, 7) is 3.96. The monoisotopic (exact) mass is 270 g/mol. The molecule has 0 amide bonds. The Labute approximate surface area is 119 Å². The van der Waals surface area contributed by atoms with Gasteiger partial charge in [-0.1, -0.05) is 24.3 Å². The zero-order valence-corrected chi connectivity index (χ0v) is 11.9. The Morgan fingerprint density at radius 3 is 2.40 bits per heavy atom. The van der Waals surface area contributed by atoms with E-state index in [1.54, 1.807) is 6.07 Å².